The Morgan fingerprint density at radius 3 is 2.53 bits per heavy atom. The number of unbranched alkanes of at least 4 members (excludes halogenated alkanes) is 1. The van der Waals surface area contributed by atoms with Crippen molar-refractivity contribution in [1.29, 1.82) is 0 Å². The molecule has 2 heteroatoms. The maximum absolute atomic E-state index is 12.3. The van der Waals surface area contributed by atoms with Crippen LogP contribution in [0.15, 0.2) is 24.3 Å². The van der Waals surface area contributed by atoms with Crippen molar-refractivity contribution in [2.75, 3.05) is 7.11 Å². The highest BCUT2D eigenvalue weighted by molar-refractivity contribution is 5.86. The summed E-state index contributed by atoms with van der Waals surface area (Å²) in [6.07, 6.45) is 6.69. The van der Waals surface area contributed by atoms with Gasteiger partial charge in [-0.3, -0.25) is 4.79 Å². The lowest BCUT2D eigenvalue weighted by Crippen LogP contribution is -2.23. The summed E-state index contributed by atoms with van der Waals surface area (Å²) in [6.45, 7) is 2.21. The zero-order valence-corrected chi connectivity index (χ0v) is 12.0. The standard InChI is InChI=1S/C17H24O2/c1-3-4-5-13-6-11-16(17(18)12-13)14-7-9-15(19-2)10-8-14/h7-10,13,16H,3-6,11-12H2,1-2H3/t13-,16+/m0/s1. The molecule has 2 rings (SSSR count). The predicted octanol–water partition coefficient (Wildman–Crippen LogP) is 4.34. The molecule has 0 aliphatic heterocycles. The molecule has 1 saturated carbocycles. The van der Waals surface area contributed by atoms with Crippen LogP contribution in [0.2, 0.25) is 0 Å². The van der Waals surface area contributed by atoms with Gasteiger partial charge in [-0.15, -0.1) is 0 Å². The average Bonchev–Trinajstić information content (AvgIpc) is 2.45. The minimum Gasteiger partial charge on any atom is -0.497 e. The van der Waals surface area contributed by atoms with Crippen molar-refractivity contribution in [3.63, 3.8) is 0 Å². The van der Waals surface area contributed by atoms with E-state index in [1.807, 2.05) is 24.3 Å². The van der Waals surface area contributed by atoms with E-state index >= 15 is 0 Å². The van der Waals surface area contributed by atoms with Crippen LogP contribution in [0.4, 0.5) is 0 Å². The Bertz CT molecular complexity index is 408. The van der Waals surface area contributed by atoms with Gasteiger partial charge in [-0.05, 0) is 36.5 Å². The number of ketones is 1. The van der Waals surface area contributed by atoms with Crippen LogP contribution in [-0.2, 0) is 4.79 Å². The Morgan fingerprint density at radius 2 is 1.95 bits per heavy atom. The summed E-state index contributed by atoms with van der Waals surface area (Å²) in [7, 11) is 1.67. The van der Waals surface area contributed by atoms with Gasteiger partial charge >= 0.3 is 0 Å². The minimum atomic E-state index is 0.115. The molecule has 2 atom stereocenters. The molecule has 2 nitrogen and oxygen atoms in total. The van der Waals surface area contributed by atoms with Gasteiger partial charge in [-0.25, -0.2) is 0 Å². The number of hydrogen-bond acceptors (Lipinski definition) is 2. The van der Waals surface area contributed by atoms with Crippen molar-refractivity contribution in [2.45, 2.75) is 51.4 Å². The van der Waals surface area contributed by atoms with Crippen LogP contribution in [0.25, 0.3) is 0 Å². The van der Waals surface area contributed by atoms with E-state index in [0.717, 1.165) is 24.2 Å². The second-order valence-electron chi connectivity index (χ2n) is 5.58. The van der Waals surface area contributed by atoms with Gasteiger partial charge in [0.05, 0.1) is 7.11 Å². The lowest BCUT2D eigenvalue weighted by atomic mass is 9.76. The number of Topliss-reactive ketones (excluding diaryl/α,β-unsaturated/α-hetero) is 1. The molecule has 19 heavy (non-hydrogen) atoms. The third-order valence-corrected chi connectivity index (χ3v) is 4.23. The summed E-state index contributed by atoms with van der Waals surface area (Å²) in [6, 6.07) is 7.97. The number of carbonyl (C=O) groups is 1. The Hall–Kier alpha value is -1.31. The van der Waals surface area contributed by atoms with E-state index in [2.05, 4.69) is 6.92 Å². The zero-order valence-electron chi connectivity index (χ0n) is 12.0. The average molecular weight is 260 g/mol. The summed E-state index contributed by atoms with van der Waals surface area (Å²) in [5, 5.41) is 0. The van der Waals surface area contributed by atoms with Gasteiger partial charge in [-0.1, -0.05) is 38.3 Å². The molecule has 1 fully saturated rings. The highest BCUT2D eigenvalue weighted by atomic mass is 16.5. The van der Waals surface area contributed by atoms with Gasteiger partial charge in [-0.2, -0.15) is 0 Å². The first kappa shape index (κ1) is 14.1. The quantitative estimate of drug-likeness (QED) is 0.787. The zero-order chi connectivity index (χ0) is 13.7. The van der Waals surface area contributed by atoms with E-state index in [1.54, 1.807) is 7.11 Å². The SMILES string of the molecule is CCCC[C@H]1CC[C@H](c2ccc(OC)cc2)C(=O)C1. The number of benzene rings is 1. The van der Waals surface area contributed by atoms with E-state index in [4.69, 9.17) is 4.74 Å². The number of ether oxygens (including phenoxy) is 1. The van der Waals surface area contributed by atoms with Crippen LogP contribution < -0.4 is 4.74 Å². The summed E-state index contributed by atoms with van der Waals surface area (Å²) in [5.74, 6) is 2.02. The van der Waals surface area contributed by atoms with Gasteiger partial charge in [0.2, 0.25) is 0 Å². The monoisotopic (exact) mass is 260 g/mol. The van der Waals surface area contributed by atoms with Gasteiger partial charge in [0.25, 0.3) is 0 Å². The molecular weight excluding hydrogens is 236 g/mol. The summed E-state index contributed by atoms with van der Waals surface area (Å²) in [5.41, 5.74) is 1.15. The second kappa shape index (κ2) is 6.74. The van der Waals surface area contributed by atoms with Crippen molar-refractivity contribution < 1.29 is 9.53 Å². The molecule has 0 amide bonds. The Kier molecular flexibility index (Phi) is 5.00. The number of carbonyl (C=O) groups excluding carboxylic acids is 1. The van der Waals surface area contributed by atoms with Gasteiger partial charge < -0.3 is 4.74 Å². The highest BCUT2D eigenvalue weighted by Gasteiger charge is 2.29. The molecule has 0 bridgehead atoms. The lowest BCUT2D eigenvalue weighted by Gasteiger charge is -2.27. The van der Waals surface area contributed by atoms with Crippen molar-refractivity contribution in [3.8, 4) is 5.75 Å². The van der Waals surface area contributed by atoms with Crippen LogP contribution in [0.3, 0.4) is 0 Å². The normalized spacial score (nSPS) is 23.4. The third-order valence-electron chi connectivity index (χ3n) is 4.23. The predicted molar refractivity (Wildman–Crippen MR) is 77.6 cm³/mol. The molecule has 0 N–H and O–H groups in total. The maximum Gasteiger partial charge on any atom is 0.140 e. The second-order valence-corrected chi connectivity index (χ2v) is 5.58. The van der Waals surface area contributed by atoms with Crippen LogP contribution in [0.1, 0.15) is 56.9 Å². The van der Waals surface area contributed by atoms with Gasteiger partial charge in [0.1, 0.15) is 11.5 Å². The van der Waals surface area contributed by atoms with E-state index < -0.39 is 0 Å². The largest absolute Gasteiger partial charge is 0.497 e. The van der Waals surface area contributed by atoms with Crippen LogP contribution in [0, 0.1) is 5.92 Å². The molecule has 0 saturated heterocycles. The first-order valence-electron chi connectivity index (χ1n) is 7.41. The van der Waals surface area contributed by atoms with Crippen molar-refractivity contribution in [1.82, 2.24) is 0 Å². The molecule has 0 radical (unpaired) electrons. The Balaban J connectivity index is 1.97. The van der Waals surface area contributed by atoms with Crippen molar-refractivity contribution >= 4 is 5.78 Å². The molecule has 1 aromatic rings. The summed E-state index contributed by atoms with van der Waals surface area (Å²) in [4.78, 5) is 12.3. The highest BCUT2D eigenvalue weighted by Crippen LogP contribution is 2.35. The first-order chi connectivity index (χ1) is 9.24. The molecule has 0 aromatic heterocycles. The molecule has 0 unspecified atom stereocenters. The first-order valence-corrected chi connectivity index (χ1v) is 7.41. The topological polar surface area (TPSA) is 26.3 Å². The van der Waals surface area contributed by atoms with E-state index in [-0.39, 0.29) is 5.92 Å². The molecule has 0 heterocycles. The van der Waals surface area contributed by atoms with Gasteiger partial charge in [0, 0.05) is 12.3 Å². The summed E-state index contributed by atoms with van der Waals surface area (Å²) >= 11 is 0. The van der Waals surface area contributed by atoms with E-state index in [9.17, 15) is 4.79 Å². The van der Waals surface area contributed by atoms with Crippen LogP contribution in [-0.4, -0.2) is 12.9 Å². The Labute approximate surface area is 116 Å². The minimum absolute atomic E-state index is 0.115. The molecule has 1 aliphatic rings. The van der Waals surface area contributed by atoms with E-state index in [1.165, 1.54) is 25.7 Å². The number of methoxy groups -OCH3 is 1. The van der Waals surface area contributed by atoms with E-state index in [0.29, 0.717) is 11.7 Å². The maximum atomic E-state index is 12.3. The lowest BCUT2D eigenvalue weighted by molar-refractivity contribution is -0.123. The van der Waals surface area contributed by atoms with Gasteiger partial charge in [0.15, 0.2) is 0 Å². The van der Waals surface area contributed by atoms with Crippen LogP contribution >= 0.6 is 0 Å². The molecule has 0 spiro atoms. The fourth-order valence-corrected chi connectivity index (χ4v) is 3.02. The molecule has 104 valence electrons. The smallest absolute Gasteiger partial charge is 0.140 e. The molecule has 1 aromatic carbocycles. The third kappa shape index (κ3) is 3.59. The fourth-order valence-electron chi connectivity index (χ4n) is 3.02. The van der Waals surface area contributed by atoms with Crippen molar-refractivity contribution in [3.05, 3.63) is 29.8 Å². The fraction of sp³-hybridized carbons (Fsp3) is 0.588. The number of rotatable bonds is 5. The van der Waals surface area contributed by atoms with Crippen LogP contribution in [0.5, 0.6) is 5.75 Å². The molecular formula is C17H24O2. The molecule has 1 aliphatic carbocycles. The summed E-state index contributed by atoms with van der Waals surface area (Å²) < 4.78 is 5.16. The van der Waals surface area contributed by atoms with Crippen molar-refractivity contribution in [2.24, 2.45) is 5.92 Å². The Morgan fingerprint density at radius 1 is 1.21 bits per heavy atom. The number of hydrogen-bond donors (Lipinski definition) is 0.